The molecule has 3 rings (SSSR count). The summed E-state index contributed by atoms with van der Waals surface area (Å²) in [5.74, 6) is 0. The number of hydrogen-bond acceptors (Lipinski definition) is 2. The van der Waals surface area contributed by atoms with Crippen molar-refractivity contribution in [3.63, 3.8) is 0 Å². The smallest absolute Gasteiger partial charge is 0.336 e. The van der Waals surface area contributed by atoms with Crippen molar-refractivity contribution >= 4 is 11.0 Å². The molecule has 0 unspecified atom stereocenters. The predicted octanol–water partition coefficient (Wildman–Crippen LogP) is 2.27. The average molecular weight is 311 g/mol. The molecule has 0 spiro atoms. The highest BCUT2D eigenvalue weighted by atomic mass is 16.4. The Bertz CT molecular complexity index is 890. The van der Waals surface area contributed by atoms with E-state index in [1.807, 2.05) is 6.07 Å². The van der Waals surface area contributed by atoms with E-state index in [0.717, 1.165) is 30.5 Å². The Hall–Kier alpha value is -2.33. The van der Waals surface area contributed by atoms with Crippen molar-refractivity contribution < 1.29 is 9.73 Å². The predicted molar refractivity (Wildman–Crippen MR) is 91.3 cm³/mol. The number of aromatic nitrogens is 1. The third-order valence-electron chi connectivity index (χ3n) is 4.50. The van der Waals surface area contributed by atoms with Crippen LogP contribution in [0.3, 0.4) is 0 Å². The van der Waals surface area contributed by atoms with Gasteiger partial charge in [0.2, 0.25) is 0 Å². The molecule has 2 heterocycles. The molecule has 120 valence electrons. The molecule has 0 atom stereocenters. The van der Waals surface area contributed by atoms with Crippen LogP contribution in [-0.2, 0) is 26.6 Å². The fraction of sp³-hybridized carbons (Fsp3) is 0.316. The van der Waals surface area contributed by atoms with Gasteiger partial charge in [-0.15, -0.1) is 0 Å². The van der Waals surface area contributed by atoms with Gasteiger partial charge < -0.3 is 14.3 Å². The van der Waals surface area contributed by atoms with Crippen LogP contribution < -0.4 is 10.9 Å². The van der Waals surface area contributed by atoms with Crippen LogP contribution in [0.4, 0.5) is 0 Å². The fourth-order valence-corrected chi connectivity index (χ4v) is 2.91. The number of nitrogens with two attached hydrogens (primary N) is 1. The van der Waals surface area contributed by atoms with Gasteiger partial charge in [-0.25, -0.2) is 4.79 Å². The lowest BCUT2D eigenvalue weighted by molar-refractivity contribution is -0.686. The van der Waals surface area contributed by atoms with Gasteiger partial charge in [-0.05, 0) is 37.1 Å². The molecule has 0 aliphatic rings. The van der Waals surface area contributed by atoms with Gasteiger partial charge in [0.05, 0.1) is 5.69 Å². The first-order valence-electron chi connectivity index (χ1n) is 8.07. The maximum atomic E-state index is 11.8. The molecule has 1 aromatic carbocycles. The van der Waals surface area contributed by atoms with Gasteiger partial charge in [0.15, 0.2) is 0 Å². The van der Waals surface area contributed by atoms with E-state index in [1.54, 1.807) is 6.07 Å². The first-order valence-corrected chi connectivity index (χ1v) is 8.07. The third-order valence-corrected chi connectivity index (χ3v) is 4.50. The van der Waals surface area contributed by atoms with Crippen LogP contribution in [0.15, 0.2) is 45.6 Å². The van der Waals surface area contributed by atoms with E-state index < -0.39 is 0 Å². The standard InChI is InChI=1S/C19H22N2O2/c1-4-14-6-8-17-15(10-19(22)23-18(17)9-14)11-20-12-16-7-5-13(2)21(16)3/h5-10,20H,4,11-12H2,1-3H3/p+1. The van der Waals surface area contributed by atoms with E-state index in [0.29, 0.717) is 5.58 Å². The molecule has 0 saturated carbocycles. The summed E-state index contributed by atoms with van der Waals surface area (Å²) in [6.45, 7) is 5.85. The average Bonchev–Trinajstić information content (AvgIpc) is 2.86. The lowest BCUT2D eigenvalue weighted by Gasteiger charge is -2.07. The largest absolute Gasteiger partial charge is 0.423 e. The van der Waals surface area contributed by atoms with E-state index in [1.165, 1.54) is 17.0 Å². The minimum atomic E-state index is -0.274. The molecule has 4 heteroatoms. The Morgan fingerprint density at radius 2 is 1.96 bits per heavy atom. The summed E-state index contributed by atoms with van der Waals surface area (Å²) in [5.41, 5.74) is 5.17. The number of quaternary nitrogens is 1. The second-order valence-electron chi connectivity index (χ2n) is 6.00. The Morgan fingerprint density at radius 1 is 1.13 bits per heavy atom. The molecule has 2 aromatic heterocycles. The molecule has 2 N–H and O–H groups in total. The van der Waals surface area contributed by atoms with Gasteiger partial charge in [0.25, 0.3) is 0 Å². The zero-order valence-electron chi connectivity index (χ0n) is 13.9. The SMILES string of the molecule is CCc1ccc2c(C[NH2+]Cc3ccc(C)n3C)cc(=O)oc2c1. The van der Waals surface area contributed by atoms with E-state index in [2.05, 4.69) is 55.0 Å². The molecule has 3 aromatic rings. The zero-order chi connectivity index (χ0) is 16.4. The second kappa shape index (κ2) is 6.42. The van der Waals surface area contributed by atoms with Crippen LogP contribution in [-0.4, -0.2) is 4.57 Å². The molecule has 0 aliphatic heterocycles. The normalized spacial score (nSPS) is 11.3. The Labute approximate surface area is 135 Å². The van der Waals surface area contributed by atoms with E-state index in [4.69, 9.17) is 4.42 Å². The number of hydrogen-bond donors (Lipinski definition) is 1. The van der Waals surface area contributed by atoms with E-state index >= 15 is 0 Å². The first-order chi connectivity index (χ1) is 11.1. The molecular formula is C19H23N2O2+. The molecule has 0 saturated heterocycles. The highest BCUT2D eigenvalue weighted by molar-refractivity contribution is 5.80. The minimum Gasteiger partial charge on any atom is -0.423 e. The summed E-state index contributed by atoms with van der Waals surface area (Å²) in [6, 6.07) is 12.0. The molecule has 0 bridgehead atoms. The molecule has 0 fully saturated rings. The van der Waals surface area contributed by atoms with Gasteiger partial charge in [0.1, 0.15) is 18.7 Å². The van der Waals surface area contributed by atoms with Crippen molar-refractivity contribution in [1.82, 2.24) is 4.57 Å². The van der Waals surface area contributed by atoms with Crippen molar-refractivity contribution in [3.05, 3.63) is 69.3 Å². The van der Waals surface area contributed by atoms with Gasteiger partial charge in [-0.1, -0.05) is 19.1 Å². The van der Waals surface area contributed by atoms with Crippen molar-refractivity contribution in [2.75, 3.05) is 0 Å². The highest BCUT2D eigenvalue weighted by Gasteiger charge is 2.09. The molecule has 4 nitrogen and oxygen atoms in total. The van der Waals surface area contributed by atoms with Crippen molar-refractivity contribution in [3.8, 4) is 0 Å². The summed E-state index contributed by atoms with van der Waals surface area (Å²) < 4.78 is 7.55. The first kappa shape index (κ1) is 15.6. The van der Waals surface area contributed by atoms with Crippen molar-refractivity contribution in [1.29, 1.82) is 0 Å². The van der Waals surface area contributed by atoms with Crippen molar-refractivity contribution in [2.45, 2.75) is 33.4 Å². The summed E-state index contributed by atoms with van der Waals surface area (Å²) >= 11 is 0. The van der Waals surface area contributed by atoms with Crippen LogP contribution in [0.25, 0.3) is 11.0 Å². The third kappa shape index (κ3) is 3.22. The number of rotatable bonds is 5. The van der Waals surface area contributed by atoms with Crippen molar-refractivity contribution in [2.24, 2.45) is 7.05 Å². The van der Waals surface area contributed by atoms with Gasteiger partial charge in [0, 0.05) is 29.8 Å². The van der Waals surface area contributed by atoms with E-state index in [9.17, 15) is 4.79 Å². The van der Waals surface area contributed by atoms with Gasteiger partial charge >= 0.3 is 5.63 Å². The number of benzene rings is 1. The quantitative estimate of drug-likeness (QED) is 0.735. The molecule has 23 heavy (non-hydrogen) atoms. The number of aryl methyl sites for hydroxylation is 2. The Morgan fingerprint density at radius 3 is 2.65 bits per heavy atom. The Balaban J connectivity index is 1.82. The zero-order valence-corrected chi connectivity index (χ0v) is 13.9. The second-order valence-corrected chi connectivity index (χ2v) is 6.00. The molecule has 0 amide bonds. The van der Waals surface area contributed by atoms with E-state index in [-0.39, 0.29) is 5.63 Å². The summed E-state index contributed by atoms with van der Waals surface area (Å²) in [7, 11) is 2.08. The Kier molecular flexibility index (Phi) is 4.35. The number of fused-ring (bicyclic) bond motifs is 1. The number of nitrogens with zero attached hydrogens (tertiary/aromatic N) is 1. The lowest BCUT2D eigenvalue weighted by Crippen LogP contribution is -2.81. The minimum absolute atomic E-state index is 0.274. The monoisotopic (exact) mass is 311 g/mol. The maximum absolute atomic E-state index is 11.8. The van der Waals surface area contributed by atoms with Crippen LogP contribution >= 0.6 is 0 Å². The van der Waals surface area contributed by atoms with Gasteiger partial charge in [-0.2, -0.15) is 0 Å². The van der Waals surface area contributed by atoms with Gasteiger partial charge in [-0.3, -0.25) is 0 Å². The molecule has 0 radical (unpaired) electrons. The summed E-state index contributed by atoms with van der Waals surface area (Å²) in [5, 5.41) is 3.25. The summed E-state index contributed by atoms with van der Waals surface area (Å²) in [6.07, 6.45) is 0.933. The van der Waals surface area contributed by atoms with Crippen LogP contribution in [0.2, 0.25) is 0 Å². The summed E-state index contributed by atoms with van der Waals surface area (Å²) in [4.78, 5) is 11.8. The fourth-order valence-electron chi connectivity index (χ4n) is 2.91. The molecular weight excluding hydrogens is 288 g/mol. The topological polar surface area (TPSA) is 51.8 Å². The van der Waals surface area contributed by atoms with Crippen LogP contribution in [0.1, 0.15) is 29.4 Å². The molecule has 0 aliphatic carbocycles. The van der Waals surface area contributed by atoms with Crippen LogP contribution in [0.5, 0.6) is 0 Å². The highest BCUT2D eigenvalue weighted by Crippen LogP contribution is 2.18. The maximum Gasteiger partial charge on any atom is 0.336 e. The van der Waals surface area contributed by atoms with Crippen LogP contribution in [0, 0.1) is 6.92 Å². The lowest BCUT2D eigenvalue weighted by atomic mass is 10.1.